The molecule has 1 aliphatic carbocycles. The maximum atomic E-state index is 11.4. The molecule has 0 aromatic carbocycles. The summed E-state index contributed by atoms with van der Waals surface area (Å²) in [4.78, 5) is 25.9. The highest BCUT2D eigenvalue weighted by atomic mass is 32.1. The van der Waals surface area contributed by atoms with Crippen molar-refractivity contribution in [2.45, 2.75) is 31.7 Å². The molecule has 2 rings (SSSR count). The van der Waals surface area contributed by atoms with Gasteiger partial charge in [-0.1, -0.05) is 0 Å². The zero-order valence-corrected chi connectivity index (χ0v) is 10.6. The van der Waals surface area contributed by atoms with Crippen LogP contribution >= 0.6 is 11.3 Å². The van der Waals surface area contributed by atoms with Crippen molar-refractivity contribution in [1.82, 2.24) is 10.3 Å². The van der Waals surface area contributed by atoms with Gasteiger partial charge in [0.1, 0.15) is 5.00 Å². The number of aromatic nitrogens is 1. The van der Waals surface area contributed by atoms with Crippen molar-refractivity contribution in [2.24, 2.45) is 0 Å². The first-order valence-electron chi connectivity index (χ1n) is 5.87. The summed E-state index contributed by atoms with van der Waals surface area (Å²) in [5, 5.41) is 15.3. The van der Waals surface area contributed by atoms with Gasteiger partial charge in [0, 0.05) is 19.0 Å². The monoisotopic (exact) mass is 269 g/mol. The molecule has 18 heavy (non-hydrogen) atoms. The SMILES string of the molecule is O=C(CCCNc1scnc1C(=O)O)NC1CC1. The fourth-order valence-electron chi connectivity index (χ4n) is 1.50. The maximum absolute atomic E-state index is 11.4. The van der Waals surface area contributed by atoms with Crippen molar-refractivity contribution in [3.63, 3.8) is 0 Å². The second kappa shape index (κ2) is 5.81. The third kappa shape index (κ3) is 3.69. The molecule has 0 bridgehead atoms. The highest BCUT2D eigenvalue weighted by Gasteiger charge is 2.22. The van der Waals surface area contributed by atoms with E-state index in [2.05, 4.69) is 15.6 Å². The first-order chi connectivity index (χ1) is 8.66. The Morgan fingerprint density at radius 3 is 2.94 bits per heavy atom. The minimum Gasteiger partial charge on any atom is -0.476 e. The Balaban J connectivity index is 1.66. The third-order valence-corrected chi connectivity index (χ3v) is 3.36. The number of rotatable bonds is 7. The van der Waals surface area contributed by atoms with Gasteiger partial charge in [0.15, 0.2) is 5.69 Å². The van der Waals surface area contributed by atoms with Crippen LogP contribution in [0.5, 0.6) is 0 Å². The number of anilines is 1. The molecule has 1 saturated carbocycles. The molecule has 98 valence electrons. The lowest BCUT2D eigenvalue weighted by Crippen LogP contribution is -2.25. The van der Waals surface area contributed by atoms with Crippen LogP contribution in [0.25, 0.3) is 0 Å². The van der Waals surface area contributed by atoms with Crippen LogP contribution in [0.2, 0.25) is 0 Å². The zero-order chi connectivity index (χ0) is 13.0. The van der Waals surface area contributed by atoms with Crippen molar-refractivity contribution in [3.8, 4) is 0 Å². The van der Waals surface area contributed by atoms with Gasteiger partial charge in [0.25, 0.3) is 0 Å². The van der Waals surface area contributed by atoms with Gasteiger partial charge < -0.3 is 15.7 Å². The van der Waals surface area contributed by atoms with Crippen LogP contribution < -0.4 is 10.6 Å². The molecule has 0 atom stereocenters. The summed E-state index contributed by atoms with van der Waals surface area (Å²) < 4.78 is 0. The molecular formula is C11H15N3O3S. The molecule has 0 radical (unpaired) electrons. The summed E-state index contributed by atoms with van der Waals surface area (Å²) in [6.07, 6.45) is 3.32. The number of carboxylic acid groups (broad SMARTS) is 1. The number of hydrogen-bond acceptors (Lipinski definition) is 5. The average molecular weight is 269 g/mol. The molecule has 0 unspecified atom stereocenters. The minimum atomic E-state index is -1.04. The summed E-state index contributed by atoms with van der Waals surface area (Å²) in [7, 11) is 0. The van der Waals surface area contributed by atoms with E-state index >= 15 is 0 Å². The Morgan fingerprint density at radius 1 is 1.50 bits per heavy atom. The quantitative estimate of drug-likeness (QED) is 0.649. The largest absolute Gasteiger partial charge is 0.476 e. The fourth-order valence-corrected chi connectivity index (χ4v) is 2.20. The Hall–Kier alpha value is -1.63. The molecule has 6 nitrogen and oxygen atoms in total. The maximum Gasteiger partial charge on any atom is 0.357 e. The molecule has 7 heteroatoms. The molecule has 3 N–H and O–H groups in total. The number of nitrogens with one attached hydrogen (secondary N) is 2. The number of hydrogen-bond donors (Lipinski definition) is 3. The van der Waals surface area contributed by atoms with Crippen LogP contribution in [0.3, 0.4) is 0 Å². The lowest BCUT2D eigenvalue weighted by atomic mass is 10.3. The Morgan fingerprint density at radius 2 is 2.28 bits per heavy atom. The van der Waals surface area contributed by atoms with E-state index in [1.165, 1.54) is 16.8 Å². The summed E-state index contributed by atoms with van der Waals surface area (Å²) >= 11 is 1.25. The van der Waals surface area contributed by atoms with Crippen LogP contribution in [0.4, 0.5) is 5.00 Å². The van der Waals surface area contributed by atoms with Crippen molar-refractivity contribution in [3.05, 3.63) is 11.2 Å². The molecule has 1 fully saturated rings. The van der Waals surface area contributed by atoms with E-state index in [0.29, 0.717) is 30.4 Å². The summed E-state index contributed by atoms with van der Waals surface area (Å²) in [6.45, 7) is 0.570. The molecule has 1 aliphatic rings. The smallest absolute Gasteiger partial charge is 0.357 e. The van der Waals surface area contributed by atoms with E-state index in [1.54, 1.807) is 0 Å². The van der Waals surface area contributed by atoms with E-state index in [4.69, 9.17) is 5.11 Å². The van der Waals surface area contributed by atoms with Gasteiger partial charge >= 0.3 is 5.97 Å². The van der Waals surface area contributed by atoms with E-state index in [0.717, 1.165) is 12.8 Å². The Labute approximate surface area is 108 Å². The van der Waals surface area contributed by atoms with E-state index < -0.39 is 5.97 Å². The van der Waals surface area contributed by atoms with E-state index in [-0.39, 0.29) is 11.6 Å². The van der Waals surface area contributed by atoms with Gasteiger partial charge in [0.2, 0.25) is 5.91 Å². The second-order valence-corrected chi connectivity index (χ2v) is 5.06. The average Bonchev–Trinajstić information content (AvgIpc) is 2.99. The van der Waals surface area contributed by atoms with Gasteiger partial charge in [-0.15, -0.1) is 11.3 Å². The van der Waals surface area contributed by atoms with Gasteiger partial charge in [-0.05, 0) is 19.3 Å². The Kier molecular flexibility index (Phi) is 4.14. The van der Waals surface area contributed by atoms with Crippen molar-refractivity contribution in [2.75, 3.05) is 11.9 Å². The highest BCUT2D eigenvalue weighted by molar-refractivity contribution is 7.14. The normalized spacial score (nSPS) is 14.2. The number of thiazole rings is 1. The van der Waals surface area contributed by atoms with Crippen molar-refractivity contribution < 1.29 is 14.7 Å². The predicted molar refractivity (Wildman–Crippen MR) is 68.0 cm³/mol. The molecule has 0 spiro atoms. The van der Waals surface area contributed by atoms with Gasteiger partial charge in [0.05, 0.1) is 5.51 Å². The topological polar surface area (TPSA) is 91.3 Å². The molecular weight excluding hydrogens is 254 g/mol. The third-order valence-electron chi connectivity index (χ3n) is 2.58. The molecule has 1 aromatic heterocycles. The van der Waals surface area contributed by atoms with Crippen LogP contribution in [-0.4, -0.2) is 34.6 Å². The van der Waals surface area contributed by atoms with Crippen LogP contribution in [0.1, 0.15) is 36.2 Å². The molecule has 0 aliphatic heterocycles. The number of carboxylic acids is 1. The van der Waals surface area contributed by atoms with Crippen molar-refractivity contribution >= 4 is 28.2 Å². The van der Waals surface area contributed by atoms with E-state index in [1.807, 2.05) is 0 Å². The molecule has 0 saturated heterocycles. The lowest BCUT2D eigenvalue weighted by Gasteiger charge is -2.05. The summed E-state index contributed by atoms with van der Waals surface area (Å²) in [6, 6.07) is 0.394. The van der Waals surface area contributed by atoms with Crippen molar-refractivity contribution in [1.29, 1.82) is 0 Å². The number of nitrogens with zero attached hydrogens (tertiary/aromatic N) is 1. The number of amides is 1. The zero-order valence-electron chi connectivity index (χ0n) is 9.81. The van der Waals surface area contributed by atoms with Crippen LogP contribution in [0, 0.1) is 0 Å². The van der Waals surface area contributed by atoms with Gasteiger partial charge in [-0.25, -0.2) is 9.78 Å². The fraction of sp³-hybridized carbons (Fsp3) is 0.545. The highest BCUT2D eigenvalue weighted by Crippen LogP contribution is 2.20. The van der Waals surface area contributed by atoms with Gasteiger partial charge in [-0.2, -0.15) is 0 Å². The Bertz CT molecular complexity index is 442. The summed E-state index contributed by atoms with van der Waals surface area (Å²) in [5.74, 6) is -0.965. The minimum absolute atomic E-state index is 0.0439. The second-order valence-electron chi connectivity index (χ2n) is 4.21. The van der Waals surface area contributed by atoms with Crippen LogP contribution in [-0.2, 0) is 4.79 Å². The molecule has 1 aromatic rings. The number of aromatic carboxylic acids is 1. The predicted octanol–water partition coefficient (Wildman–Crippen LogP) is 1.31. The molecule has 1 heterocycles. The lowest BCUT2D eigenvalue weighted by molar-refractivity contribution is -0.121. The van der Waals surface area contributed by atoms with E-state index in [9.17, 15) is 9.59 Å². The summed E-state index contributed by atoms with van der Waals surface area (Å²) in [5.41, 5.74) is 1.54. The first kappa shape index (κ1) is 12.8. The molecule has 1 amide bonds. The number of carbonyl (C=O) groups is 2. The number of carbonyl (C=O) groups excluding carboxylic acids is 1. The first-order valence-corrected chi connectivity index (χ1v) is 6.75. The van der Waals surface area contributed by atoms with Gasteiger partial charge in [-0.3, -0.25) is 4.79 Å². The van der Waals surface area contributed by atoms with Crippen LogP contribution in [0.15, 0.2) is 5.51 Å². The standard InChI is InChI=1S/C11H15N3O3S/c15-8(14-7-3-4-7)2-1-5-12-10-9(11(16)17)13-6-18-10/h6-7,12H,1-5H2,(H,14,15)(H,16,17).